The van der Waals surface area contributed by atoms with E-state index in [1.807, 2.05) is 0 Å². The Morgan fingerprint density at radius 1 is 1.62 bits per heavy atom. The Bertz CT molecular complexity index is 181. The van der Waals surface area contributed by atoms with E-state index >= 15 is 0 Å². The van der Waals surface area contributed by atoms with Crippen LogP contribution in [0, 0.1) is 17.2 Å². The summed E-state index contributed by atoms with van der Waals surface area (Å²) in [6.07, 6.45) is 3.26. The van der Waals surface area contributed by atoms with Crippen LogP contribution in [0.1, 0.15) is 26.2 Å². The van der Waals surface area contributed by atoms with Gasteiger partial charge in [0, 0.05) is 25.6 Å². The van der Waals surface area contributed by atoms with Crippen molar-refractivity contribution in [1.82, 2.24) is 4.90 Å². The van der Waals surface area contributed by atoms with Gasteiger partial charge in [0.2, 0.25) is 0 Å². The van der Waals surface area contributed by atoms with E-state index < -0.39 is 0 Å². The molecule has 13 heavy (non-hydrogen) atoms. The molecular formula is C10H19N3. The topological polar surface area (TPSA) is 53.0 Å². The van der Waals surface area contributed by atoms with Crippen molar-refractivity contribution in [2.24, 2.45) is 11.7 Å². The van der Waals surface area contributed by atoms with Gasteiger partial charge in [-0.25, -0.2) is 0 Å². The van der Waals surface area contributed by atoms with E-state index in [-0.39, 0.29) is 0 Å². The molecule has 1 aliphatic carbocycles. The molecule has 0 spiro atoms. The molecule has 2 N–H and O–H groups in total. The van der Waals surface area contributed by atoms with Crippen LogP contribution < -0.4 is 5.73 Å². The second-order valence-corrected chi connectivity index (χ2v) is 3.98. The lowest BCUT2D eigenvalue weighted by Gasteiger charge is -2.23. The van der Waals surface area contributed by atoms with Crippen LogP contribution in [0.4, 0.5) is 0 Å². The summed E-state index contributed by atoms with van der Waals surface area (Å²) in [4.78, 5) is 2.42. The van der Waals surface area contributed by atoms with Crippen molar-refractivity contribution >= 4 is 0 Å². The summed E-state index contributed by atoms with van der Waals surface area (Å²) in [6.45, 7) is 4.89. The molecule has 0 aromatic rings. The van der Waals surface area contributed by atoms with Crippen molar-refractivity contribution in [1.29, 1.82) is 5.26 Å². The third kappa shape index (κ3) is 3.75. The second-order valence-electron chi connectivity index (χ2n) is 3.98. The lowest BCUT2D eigenvalue weighted by atomic mass is 10.1. The Morgan fingerprint density at radius 2 is 2.31 bits per heavy atom. The van der Waals surface area contributed by atoms with E-state index in [1.165, 1.54) is 12.8 Å². The van der Waals surface area contributed by atoms with E-state index in [0.717, 1.165) is 25.7 Å². The van der Waals surface area contributed by atoms with Crippen molar-refractivity contribution in [3.8, 4) is 6.07 Å². The molecule has 0 amide bonds. The van der Waals surface area contributed by atoms with Gasteiger partial charge in [-0.3, -0.25) is 4.90 Å². The number of rotatable bonds is 6. The summed E-state index contributed by atoms with van der Waals surface area (Å²) in [7, 11) is 0. The first-order valence-electron chi connectivity index (χ1n) is 5.09. The number of hydrogen-bond donors (Lipinski definition) is 1. The number of hydrogen-bond acceptors (Lipinski definition) is 3. The molecule has 0 aromatic heterocycles. The third-order valence-electron chi connectivity index (χ3n) is 2.52. The molecule has 1 saturated carbocycles. The first kappa shape index (κ1) is 10.5. The predicted octanol–water partition coefficient (Wildman–Crippen LogP) is 0.959. The fraction of sp³-hybridized carbons (Fsp3) is 0.900. The largest absolute Gasteiger partial charge is 0.330 e. The smallest absolute Gasteiger partial charge is 0.0635 e. The van der Waals surface area contributed by atoms with E-state index in [9.17, 15) is 0 Å². The Balaban J connectivity index is 2.25. The zero-order chi connectivity index (χ0) is 9.68. The molecule has 0 aromatic carbocycles. The fourth-order valence-electron chi connectivity index (χ4n) is 1.53. The molecule has 1 aliphatic rings. The molecule has 1 rings (SSSR count). The van der Waals surface area contributed by atoms with E-state index in [2.05, 4.69) is 17.9 Å². The first-order chi connectivity index (χ1) is 6.27. The summed E-state index contributed by atoms with van der Waals surface area (Å²) in [5.41, 5.74) is 5.58. The van der Waals surface area contributed by atoms with E-state index in [4.69, 9.17) is 11.0 Å². The second kappa shape index (κ2) is 5.21. The number of nitriles is 1. The average molecular weight is 181 g/mol. The van der Waals surface area contributed by atoms with Crippen molar-refractivity contribution in [2.75, 3.05) is 19.6 Å². The summed E-state index contributed by atoms with van der Waals surface area (Å²) in [5, 5.41) is 8.51. The summed E-state index contributed by atoms with van der Waals surface area (Å²) < 4.78 is 0. The molecule has 1 atom stereocenters. The van der Waals surface area contributed by atoms with Crippen LogP contribution in [0.5, 0.6) is 0 Å². The molecule has 0 aliphatic heterocycles. The molecule has 74 valence electrons. The standard InChI is InChI=1S/C10H19N3/c1-9(7-12)8-13(6-2-5-11)10-3-4-10/h9-10H,2-4,6-8,12H2,1H3. The van der Waals surface area contributed by atoms with Crippen LogP contribution in [-0.4, -0.2) is 30.6 Å². The van der Waals surface area contributed by atoms with E-state index in [1.54, 1.807) is 0 Å². The van der Waals surface area contributed by atoms with Gasteiger partial charge in [0.15, 0.2) is 0 Å². The van der Waals surface area contributed by atoms with Gasteiger partial charge in [-0.1, -0.05) is 6.92 Å². The minimum atomic E-state index is 0.555. The van der Waals surface area contributed by atoms with Crippen LogP contribution >= 0.6 is 0 Å². The highest BCUT2D eigenvalue weighted by Gasteiger charge is 2.28. The Kier molecular flexibility index (Phi) is 4.20. The quantitative estimate of drug-likeness (QED) is 0.664. The monoisotopic (exact) mass is 181 g/mol. The molecule has 0 bridgehead atoms. The molecule has 1 fully saturated rings. The minimum Gasteiger partial charge on any atom is -0.330 e. The lowest BCUT2D eigenvalue weighted by Crippen LogP contribution is -2.34. The summed E-state index contributed by atoms with van der Waals surface area (Å²) in [5.74, 6) is 0.555. The highest BCUT2D eigenvalue weighted by Crippen LogP contribution is 2.27. The van der Waals surface area contributed by atoms with Crippen LogP contribution in [0.25, 0.3) is 0 Å². The van der Waals surface area contributed by atoms with Crippen molar-refractivity contribution in [2.45, 2.75) is 32.2 Å². The van der Waals surface area contributed by atoms with Crippen LogP contribution in [-0.2, 0) is 0 Å². The highest BCUT2D eigenvalue weighted by molar-refractivity contribution is 4.87. The Hall–Kier alpha value is -0.590. The number of nitrogens with zero attached hydrogens (tertiary/aromatic N) is 2. The maximum Gasteiger partial charge on any atom is 0.0635 e. The van der Waals surface area contributed by atoms with Crippen LogP contribution in [0.2, 0.25) is 0 Å². The van der Waals surface area contributed by atoms with Crippen molar-refractivity contribution in [3.63, 3.8) is 0 Å². The first-order valence-corrected chi connectivity index (χ1v) is 5.09. The zero-order valence-electron chi connectivity index (χ0n) is 8.37. The van der Waals surface area contributed by atoms with E-state index in [0.29, 0.717) is 12.3 Å². The zero-order valence-corrected chi connectivity index (χ0v) is 8.37. The maximum absolute atomic E-state index is 8.51. The molecular weight excluding hydrogens is 162 g/mol. The molecule has 3 heteroatoms. The molecule has 0 saturated heterocycles. The van der Waals surface area contributed by atoms with Gasteiger partial charge in [0.05, 0.1) is 6.07 Å². The van der Waals surface area contributed by atoms with Crippen molar-refractivity contribution < 1.29 is 0 Å². The van der Waals surface area contributed by atoms with Gasteiger partial charge >= 0.3 is 0 Å². The minimum absolute atomic E-state index is 0.555. The predicted molar refractivity (Wildman–Crippen MR) is 53.0 cm³/mol. The normalized spacial score (nSPS) is 18.6. The lowest BCUT2D eigenvalue weighted by molar-refractivity contribution is 0.235. The van der Waals surface area contributed by atoms with Gasteiger partial charge in [0.1, 0.15) is 0 Å². The third-order valence-corrected chi connectivity index (χ3v) is 2.52. The fourth-order valence-corrected chi connectivity index (χ4v) is 1.53. The summed E-state index contributed by atoms with van der Waals surface area (Å²) in [6, 6.07) is 2.95. The van der Waals surface area contributed by atoms with Gasteiger partial charge in [-0.15, -0.1) is 0 Å². The average Bonchev–Trinajstić information content (AvgIpc) is 2.94. The van der Waals surface area contributed by atoms with Crippen LogP contribution in [0.15, 0.2) is 0 Å². The summed E-state index contributed by atoms with van der Waals surface area (Å²) >= 11 is 0. The van der Waals surface area contributed by atoms with Gasteiger partial charge in [0.25, 0.3) is 0 Å². The van der Waals surface area contributed by atoms with Crippen molar-refractivity contribution in [3.05, 3.63) is 0 Å². The Morgan fingerprint density at radius 3 is 2.77 bits per heavy atom. The highest BCUT2D eigenvalue weighted by atomic mass is 15.2. The SMILES string of the molecule is CC(CN)CN(CCC#N)C1CC1. The molecule has 0 heterocycles. The molecule has 3 nitrogen and oxygen atoms in total. The molecule has 1 unspecified atom stereocenters. The maximum atomic E-state index is 8.51. The van der Waals surface area contributed by atoms with Gasteiger partial charge < -0.3 is 5.73 Å². The molecule has 0 radical (unpaired) electrons. The van der Waals surface area contributed by atoms with Gasteiger partial charge in [-0.05, 0) is 25.3 Å². The Labute approximate surface area is 80.5 Å². The van der Waals surface area contributed by atoms with Gasteiger partial charge in [-0.2, -0.15) is 5.26 Å². The number of nitrogens with two attached hydrogens (primary N) is 1. The van der Waals surface area contributed by atoms with Crippen LogP contribution in [0.3, 0.4) is 0 Å².